The summed E-state index contributed by atoms with van der Waals surface area (Å²) in [6, 6.07) is 0. The highest BCUT2D eigenvalue weighted by Crippen LogP contribution is 2.61. The van der Waals surface area contributed by atoms with E-state index in [0.717, 1.165) is 5.92 Å². The predicted octanol–water partition coefficient (Wildman–Crippen LogP) is 5.96. The van der Waals surface area contributed by atoms with Gasteiger partial charge in [0.2, 0.25) is 0 Å². The number of rotatable bonds is 1. The molecule has 0 unspecified atom stereocenters. The Hall–Kier alpha value is 0.765. The number of hydrogen-bond acceptors (Lipinski definition) is 0. The Balaban J connectivity index is 2.29. The van der Waals surface area contributed by atoms with E-state index in [1.54, 1.807) is 5.57 Å². The molecule has 0 aromatic heterocycles. The van der Waals surface area contributed by atoms with Crippen LogP contribution in [0.25, 0.3) is 0 Å². The van der Waals surface area contributed by atoms with Crippen LogP contribution in [0.5, 0.6) is 0 Å². The standard InChI is InChI=1S/C14H23BBr2/c1-13(2,3)12-8-7-11-6-4-5-9-14(11,10-12)15(16)17/h8,11H,4-7,9-10H2,1-3H3/t11-,14-/m0/s1. The molecular formula is C14H23BBr2. The molecule has 2 aliphatic rings. The Bertz CT molecular complexity index is 317. The summed E-state index contributed by atoms with van der Waals surface area (Å²) in [5, 5.41) is 0.468. The molecule has 96 valence electrons. The van der Waals surface area contributed by atoms with Crippen molar-refractivity contribution in [1.29, 1.82) is 0 Å². The van der Waals surface area contributed by atoms with E-state index >= 15 is 0 Å². The third kappa shape index (κ3) is 2.70. The quantitative estimate of drug-likeness (QED) is 0.399. The van der Waals surface area contributed by atoms with Gasteiger partial charge in [-0.3, -0.25) is 0 Å². The highest BCUT2D eigenvalue weighted by Gasteiger charge is 2.49. The largest absolute Gasteiger partial charge is 0.305 e. The molecule has 2 aliphatic carbocycles. The van der Waals surface area contributed by atoms with Crippen LogP contribution >= 0.6 is 31.5 Å². The molecule has 0 nitrogen and oxygen atoms in total. The van der Waals surface area contributed by atoms with Crippen LogP contribution in [0.2, 0.25) is 5.31 Å². The summed E-state index contributed by atoms with van der Waals surface area (Å²) in [5.41, 5.74) is 2.00. The van der Waals surface area contributed by atoms with Gasteiger partial charge in [-0.15, -0.1) is 31.5 Å². The predicted molar refractivity (Wildman–Crippen MR) is 85.0 cm³/mol. The lowest BCUT2D eigenvalue weighted by atomic mass is 9.48. The summed E-state index contributed by atoms with van der Waals surface area (Å²) < 4.78 is 0.471. The van der Waals surface area contributed by atoms with E-state index < -0.39 is 0 Å². The van der Waals surface area contributed by atoms with E-state index in [-0.39, 0.29) is 0 Å². The van der Waals surface area contributed by atoms with E-state index in [1.807, 2.05) is 0 Å². The molecule has 0 aromatic carbocycles. The summed E-state index contributed by atoms with van der Waals surface area (Å²) >= 11 is 7.70. The summed E-state index contributed by atoms with van der Waals surface area (Å²) in [7, 11) is 0. The van der Waals surface area contributed by atoms with Crippen LogP contribution in [-0.2, 0) is 0 Å². The molecular weight excluding hydrogens is 339 g/mol. The molecule has 0 spiro atoms. The van der Waals surface area contributed by atoms with Gasteiger partial charge in [-0.25, -0.2) is 0 Å². The molecule has 0 saturated heterocycles. The Kier molecular flexibility index (Phi) is 4.20. The van der Waals surface area contributed by atoms with Crippen LogP contribution < -0.4 is 0 Å². The van der Waals surface area contributed by atoms with E-state index in [2.05, 4.69) is 58.4 Å². The van der Waals surface area contributed by atoms with Crippen LogP contribution in [0.1, 0.15) is 59.3 Å². The van der Waals surface area contributed by atoms with Crippen molar-refractivity contribution in [2.45, 2.75) is 64.6 Å². The number of allylic oxidation sites excluding steroid dienone is 2. The second-order valence-corrected chi connectivity index (χ2v) is 9.93. The molecule has 0 aliphatic heterocycles. The highest BCUT2D eigenvalue weighted by molar-refractivity contribution is 9.49. The highest BCUT2D eigenvalue weighted by atomic mass is 79.9. The molecule has 1 saturated carbocycles. The zero-order valence-electron chi connectivity index (χ0n) is 11.2. The minimum atomic E-state index is 0.338. The first kappa shape index (κ1) is 14.2. The number of hydrogen-bond donors (Lipinski definition) is 0. The smallest absolute Gasteiger partial charge is 0.139 e. The molecule has 0 aromatic rings. The number of halogens is 2. The molecule has 0 amide bonds. The van der Waals surface area contributed by atoms with Crippen LogP contribution in [0.15, 0.2) is 11.6 Å². The van der Waals surface area contributed by atoms with Gasteiger partial charge in [0.05, 0.1) is 0 Å². The lowest BCUT2D eigenvalue weighted by Crippen LogP contribution is -2.38. The van der Waals surface area contributed by atoms with Crippen molar-refractivity contribution >= 4 is 35.9 Å². The fourth-order valence-corrected chi connectivity index (χ4v) is 5.10. The molecule has 3 heteroatoms. The zero-order chi connectivity index (χ0) is 12.7. The topological polar surface area (TPSA) is 0 Å². The van der Waals surface area contributed by atoms with Crippen LogP contribution in [-0.4, -0.2) is 4.36 Å². The molecule has 0 heterocycles. The van der Waals surface area contributed by atoms with Crippen LogP contribution in [0.4, 0.5) is 0 Å². The fourth-order valence-electron chi connectivity index (χ4n) is 3.57. The monoisotopic (exact) mass is 360 g/mol. The molecule has 2 rings (SSSR count). The maximum Gasteiger partial charge on any atom is 0.305 e. The van der Waals surface area contributed by atoms with Gasteiger partial charge in [0, 0.05) is 0 Å². The molecule has 0 radical (unpaired) electrons. The average Bonchev–Trinajstić information content (AvgIpc) is 2.26. The van der Waals surface area contributed by atoms with Gasteiger partial charge in [0.25, 0.3) is 0 Å². The Morgan fingerprint density at radius 2 is 2.00 bits per heavy atom. The maximum absolute atomic E-state index is 3.85. The van der Waals surface area contributed by atoms with Gasteiger partial charge in [0.15, 0.2) is 0 Å². The summed E-state index contributed by atoms with van der Waals surface area (Å²) in [6.07, 6.45) is 10.7. The summed E-state index contributed by atoms with van der Waals surface area (Å²) in [6.45, 7) is 7.06. The first-order valence-corrected chi connectivity index (χ1v) is 8.67. The SMILES string of the molecule is CC(C)(C)C1=CC[C@@H]2CCCC[C@]2(B(Br)Br)C1. The zero-order valence-corrected chi connectivity index (χ0v) is 14.4. The molecule has 17 heavy (non-hydrogen) atoms. The van der Waals surface area contributed by atoms with Gasteiger partial charge in [-0.1, -0.05) is 58.1 Å². The van der Waals surface area contributed by atoms with Crippen molar-refractivity contribution in [2.75, 3.05) is 0 Å². The lowest BCUT2D eigenvalue weighted by molar-refractivity contribution is 0.229. The fraction of sp³-hybridized carbons (Fsp3) is 0.857. The van der Waals surface area contributed by atoms with Gasteiger partial charge in [0.1, 0.15) is 0 Å². The summed E-state index contributed by atoms with van der Waals surface area (Å²) in [4.78, 5) is 0. The van der Waals surface area contributed by atoms with Gasteiger partial charge in [-0.05, 0) is 29.5 Å². The van der Waals surface area contributed by atoms with Crippen molar-refractivity contribution in [1.82, 2.24) is 0 Å². The first-order chi connectivity index (χ1) is 7.86. The molecule has 0 bridgehead atoms. The minimum absolute atomic E-state index is 0.338. The Morgan fingerprint density at radius 1 is 1.29 bits per heavy atom. The van der Waals surface area contributed by atoms with E-state index in [0.29, 0.717) is 15.1 Å². The minimum Gasteiger partial charge on any atom is -0.139 e. The molecule has 2 atom stereocenters. The van der Waals surface area contributed by atoms with Crippen molar-refractivity contribution in [3.8, 4) is 0 Å². The Labute approximate surface area is 123 Å². The average molecular weight is 362 g/mol. The third-order valence-electron chi connectivity index (χ3n) is 4.82. The van der Waals surface area contributed by atoms with E-state index in [1.165, 1.54) is 38.5 Å². The lowest BCUT2D eigenvalue weighted by Gasteiger charge is -2.49. The second-order valence-electron chi connectivity index (χ2n) is 6.87. The van der Waals surface area contributed by atoms with Gasteiger partial charge >= 0.3 is 4.36 Å². The normalized spacial score (nSPS) is 33.9. The summed E-state index contributed by atoms with van der Waals surface area (Å²) in [5.74, 6) is 0.881. The van der Waals surface area contributed by atoms with E-state index in [9.17, 15) is 0 Å². The van der Waals surface area contributed by atoms with Crippen LogP contribution in [0, 0.1) is 11.3 Å². The second kappa shape index (κ2) is 5.04. The molecule has 0 N–H and O–H groups in total. The van der Waals surface area contributed by atoms with Crippen molar-refractivity contribution < 1.29 is 0 Å². The Morgan fingerprint density at radius 3 is 2.59 bits per heavy atom. The van der Waals surface area contributed by atoms with Gasteiger partial charge < -0.3 is 0 Å². The van der Waals surface area contributed by atoms with Crippen molar-refractivity contribution in [3.63, 3.8) is 0 Å². The van der Waals surface area contributed by atoms with Crippen molar-refractivity contribution in [3.05, 3.63) is 11.6 Å². The molecule has 1 fully saturated rings. The van der Waals surface area contributed by atoms with Gasteiger partial charge in [-0.2, -0.15) is 0 Å². The van der Waals surface area contributed by atoms with E-state index in [4.69, 9.17) is 0 Å². The van der Waals surface area contributed by atoms with Crippen LogP contribution in [0.3, 0.4) is 0 Å². The third-order valence-corrected chi connectivity index (χ3v) is 6.65. The number of fused-ring (bicyclic) bond motifs is 1. The van der Waals surface area contributed by atoms with Crippen molar-refractivity contribution in [2.24, 2.45) is 11.3 Å². The first-order valence-electron chi connectivity index (χ1n) is 6.84. The maximum atomic E-state index is 3.85.